The Balaban J connectivity index is 0.00000126. The van der Waals surface area contributed by atoms with Gasteiger partial charge in [-0.2, -0.15) is 0 Å². The van der Waals surface area contributed by atoms with Crippen LogP contribution in [0.25, 0.3) is 0 Å². The number of amides is 1. The third kappa shape index (κ3) is 5.12. The summed E-state index contributed by atoms with van der Waals surface area (Å²) in [5, 5.41) is 3.50. The molecule has 8 heteroatoms. The van der Waals surface area contributed by atoms with E-state index in [0.717, 1.165) is 27.3 Å². The van der Waals surface area contributed by atoms with Crippen LogP contribution in [0.4, 0.5) is 5.82 Å². The molecular weight excluding hydrogens is 432 g/mol. The van der Waals surface area contributed by atoms with Crippen molar-refractivity contribution in [3.8, 4) is 0 Å². The molecule has 0 unspecified atom stereocenters. The first-order valence-electron chi connectivity index (χ1n) is 10.6. The standard InChI is InChI=1S/C23H16N6OS.C2H6/c30-22(26-12-15-5-3-9-24-11-15)18-14-27-23-21(28-18)29-20(16-6-4-10-25-13-16)17-7-1-2-8-19(17)31-23;1-2/h1-11,13-14H,12H2,(H,26,30);1-2H3. The fourth-order valence-electron chi connectivity index (χ4n) is 3.14. The zero-order valence-electron chi connectivity index (χ0n) is 18.3. The number of rotatable bonds is 4. The summed E-state index contributed by atoms with van der Waals surface area (Å²) in [6.07, 6.45) is 8.37. The van der Waals surface area contributed by atoms with E-state index in [2.05, 4.69) is 25.3 Å². The van der Waals surface area contributed by atoms with E-state index < -0.39 is 0 Å². The van der Waals surface area contributed by atoms with Crippen molar-refractivity contribution < 1.29 is 4.79 Å². The first kappa shape index (κ1) is 22.3. The number of carbonyl (C=O) groups is 1. The number of hydrogen-bond donors (Lipinski definition) is 1. The van der Waals surface area contributed by atoms with Gasteiger partial charge in [0.15, 0.2) is 5.82 Å². The summed E-state index contributed by atoms with van der Waals surface area (Å²) in [5.74, 6) is 0.0955. The van der Waals surface area contributed by atoms with E-state index in [9.17, 15) is 4.79 Å². The molecule has 4 aromatic rings. The van der Waals surface area contributed by atoms with E-state index in [-0.39, 0.29) is 11.6 Å². The third-order valence-corrected chi connectivity index (χ3v) is 5.69. The molecule has 4 heterocycles. The van der Waals surface area contributed by atoms with Gasteiger partial charge in [-0.15, -0.1) is 0 Å². The summed E-state index contributed by atoms with van der Waals surface area (Å²) in [6, 6.07) is 15.5. The van der Waals surface area contributed by atoms with Crippen molar-refractivity contribution in [2.45, 2.75) is 30.3 Å². The minimum absolute atomic E-state index is 0.212. The van der Waals surface area contributed by atoms with Crippen LogP contribution in [0.1, 0.15) is 41.0 Å². The predicted molar refractivity (Wildman–Crippen MR) is 129 cm³/mol. The second-order valence-electron chi connectivity index (χ2n) is 6.73. The second kappa shape index (κ2) is 10.6. The Bertz CT molecular complexity index is 1280. The van der Waals surface area contributed by atoms with Crippen LogP contribution in [-0.2, 0) is 6.54 Å². The van der Waals surface area contributed by atoms with E-state index in [1.807, 2.05) is 62.4 Å². The molecule has 1 aliphatic rings. The number of carbonyl (C=O) groups excluding carboxylic acids is 1. The van der Waals surface area contributed by atoms with Gasteiger partial charge in [0.2, 0.25) is 0 Å². The molecule has 1 aromatic carbocycles. The van der Waals surface area contributed by atoms with E-state index in [0.29, 0.717) is 17.4 Å². The molecule has 5 rings (SSSR count). The lowest BCUT2D eigenvalue weighted by Crippen LogP contribution is -2.24. The van der Waals surface area contributed by atoms with Crippen LogP contribution in [-0.4, -0.2) is 31.6 Å². The average Bonchev–Trinajstić information content (AvgIpc) is 3.06. The highest BCUT2D eigenvalue weighted by Gasteiger charge is 2.22. The lowest BCUT2D eigenvalue weighted by atomic mass is 10.0. The van der Waals surface area contributed by atoms with Crippen LogP contribution >= 0.6 is 11.8 Å². The normalized spacial score (nSPS) is 11.6. The van der Waals surface area contributed by atoms with Crippen molar-refractivity contribution in [3.05, 3.63) is 102 Å². The quantitative estimate of drug-likeness (QED) is 0.417. The van der Waals surface area contributed by atoms with Gasteiger partial charge in [0.25, 0.3) is 5.91 Å². The van der Waals surface area contributed by atoms with Crippen LogP contribution in [0.3, 0.4) is 0 Å². The molecule has 164 valence electrons. The Morgan fingerprint density at radius 1 is 0.939 bits per heavy atom. The van der Waals surface area contributed by atoms with Crippen LogP contribution in [0, 0.1) is 0 Å². The van der Waals surface area contributed by atoms with Crippen LogP contribution in [0.15, 0.2) is 94.4 Å². The fourth-order valence-corrected chi connectivity index (χ4v) is 4.06. The fraction of sp³-hybridized carbons (Fsp3) is 0.120. The molecular formula is C25H22N6OS. The number of aliphatic imine (C=N–C) groups is 1. The Morgan fingerprint density at radius 3 is 2.48 bits per heavy atom. The molecule has 0 aliphatic carbocycles. The maximum Gasteiger partial charge on any atom is 0.271 e. The number of aromatic nitrogens is 4. The van der Waals surface area contributed by atoms with Crippen molar-refractivity contribution in [1.82, 2.24) is 25.3 Å². The van der Waals surface area contributed by atoms with Gasteiger partial charge < -0.3 is 5.32 Å². The molecule has 0 spiro atoms. The van der Waals surface area contributed by atoms with Gasteiger partial charge in [0.1, 0.15) is 10.7 Å². The van der Waals surface area contributed by atoms with Gasteiger partial charge in [-0.3, -0.25) is 14.8 Å². The molecule has 0 radical (unpaired) electrons. The topological polar surface area (TPSA) is 93.0 Å². The number of nitrogens with zero attached hydrogens (tertiary/aromatic N) is 5. The summed E-state index contributed by atoms with van der Waals surface area (Å²) in [6.45, 7) is 4.36. The Kier molecular flexibility index (Phi) is 7.16. The van der Waals surface area contributed by atoms with E-state index in [4.69, 9.17) is 4.99 Å². The SMILES string of the molecule is CC.O=C(NCc1cccnc1)c1cnc2c(n1)N=C(c1cccnc1)c1ccccc1S2. The van der Waals surface area contributed by atoms with Crippen LogP contribution in [0.5, 0.6) is 0 Å². The molecule has 7 nitrogen and oxygen atoms in total. The maximum absolute atomic E-state index is 12.7. The van der Waals surface area contributed by atoms with Crippen molar-refractivity contribution in [2.24, 2.45) is 4.99 Å². The molecule has 0 bridgehead atoms. The van der Waals surface area contributed by atoms with E-state index in [1.54, 1.807) is 24.8 Å². The first-order chi connectivity index (χ1) is 16.3. The summed E-state index contributed by atoms with van der Waals surface area (Å²) >= 11 is 1.48. The minimum atomic E-state index is -0.316. The van der Waals surface area contributed by atoms with Crippen molar-refractivity contribution in [2.75, 3.05) is 0 Å². The Morgan fingerprint density at radius 2 is 1.73 bits per heavy atom. The predicted octanol–water partition coefficient (Wildman–Crippen LogP) is 4.86. The smallest absolute Gasteiger partial charge is 0.271 e. The number of benzene rings is 1. The number of hydrogen-bond acceptors (Lipinski definition) is 7. The number of nitrogens with one attached hydrogen (secondary N) is 1. The monoisotopic (exact) mass is 454 g/mol. The van der Waals surface area contributed by atoms with Crippen LogP contribution < -0.4 is 5.32 Å². The zero-order valence-corrected chi connectivity index (χ0v) is 19.1. The van der Waals surface area contributed by atoms with Crippen molar-refractivity contribution in [1.29, 1.82) is 0 Å². The van der Waals surface area contributed by atoms with Gasteiger partial charge >= 0.3 is 0 Å². The highest BCUT2D eigenvalue weighted by molar-refractivity contribution is 7.99. The summed E-state index contributed by atoms with van der Waals surface area (Å²) in [4.78, 5) is 35.8. The summed E-state index contributed by atoms with van der Waals surface area (Å²) in [5.41, 5.74) is 3.71. The van der Waals surface area contributed by atoms with E-state index in [1.165, 1.54) is 18.0 Å². The maximum atomic E-state index is 12.7. The zero-order chi connectivity index (χ0) is 23.0. The Hall–Kier alpha value is -3.91. The largest absolute Gasteiger partial charge is 0.347 e. The highest BCUT2D eigenvalue weighted by atomic mass is 32.2. The summed E-state index contributed by atoms with van der Waals surface area (Å²) in [7, 11) is 0. The molecule has 0 fully saturated rings. The minimum Gasteiger partial charge on any atom is -0.347 e. The molecule has 1 amide bonds. The first-order valence-corrected chi connectivity index (χ1v) is 11.4. The third-order valence-electron chi connectivity index (χ3n) is 4.63. The average molecular weight is 455 g/mol. The molecule has 0 atom stereocenters. The second-order valence-corrected chi connectivity index (χ2v) is 7.76. The van der Waals surface area contributed by atoms with Gasteiger partial charge in [0, 0.05) is 47.4 Å². The molecule has 33 heavy (non-hydrogen) atoms. The lowest BCUT2D eigenvalue weighted by Gasteiger charge is -2.07. The van der Waals surface area contributed by atoms with Crippen molar-refractivity contribution in [3.63, 3.8) is 0 Å². The number of fused-ring (bicyclic) bond motifs is 2. The van der Waals surface area contributed by atoms with Gasteiger partial charge in [-0.1, -0.05) is 49.9 Å². The number of pyridine rings is 2. The van der Waals surface area contributed by atoms with Gasteiger partial charge in [0.05, 0.1) is 11.9 Å². The molecule has 3 aromatic heterocycles. The highest BCUT2D eigenvalue weighted by Crippen LogP contribution is 2.38. The molecule has 1 aliphatic heterocycles. The Labute approximate surface area is 196 Å². The molecule has 0 saturated carbocycles. The van der Waals surface area contributed by atoms with Gasteiger partial charge in [-0.25, -0.2) is 15.0 Å². The summed E-state index contributed by atoms with van der Waals surface area (Å²) < 4.78 is 0. The lowest BCUT2D eigenvalue weighted by molar-refractivity contribution is 0.0945. The molecule has 0 saturated heterocycles. The van der Waals surface area contributed by atoms with E-state index >= 15 is 0 Å². The van der Waals surface area contributed by atoms with Crippen LogP contribution in [0.2, 0.25) is 0 Å². The van der Waals surface area contributed by atoms with Crippen molar-refractivity contribution >= 4 is 29.2 Å². The van der Waals surface area contributed by atoms with Gasteiger partial charge in [-0.05, 0) is 29.8 Å². The molecule has 1 N–H and O–H groups in total.